The van der Waals surface area contributed by atoms with E-state index >= 15 is 0 Å². The lowest BCUT2D eigenvalue weighted by Gasteiger charge is -2.23. The SMILES string of the molecule is COC(CNC(=O)[C@H](NC(=O)c1ccccc1)C(C)C)OC. The minimum atomic E-state index is -0.623. The number of methoxy groups -OCH3 is 2. The summed E-state index contributed by atoms with van der Waals surface area (Å²) in [6.07, 6.45) is -0.512. The summed E-state index contributed by atoms with van der Waals surface area (Å²) >= 11 is 0. The number of carbonyl (C=O) groups is 2. The maximum Gasteiger partial charge on any atom is 0.251 e. The molecule has 0 aromatic heterocycles. The third-order valence-electron chi connectivity index (χ3n) is 3.24. The second-order valence-corrected chi connectivity index (χ2v) is 5.21. The van der Waals surface area contributed by atoms with E-state index in [0.29, 0.717) is 5.56 Å². The van der Waals surface area contributed by atoms with E-state index in [1.165, 1.54) is 14.2 Å². The van der Waals surface area contributed by atoms with Crippen LogP contribution in [0.1, 0.15) is 24.2 Å². The van der Waals surface area contributed by atoms with Crippen molar-refractivity contribution in [1.29, 1.82) is 0 Å². The van der Waals surface area contributed by atoms with E-state index in [1.807, 2.05) is 19.9 Å². The van der Waals surface area contributed by atoms with Gasteiger partial charge in [0.15, 0.2) is 6.29 Å². The average molecular weight is 308 g/mol. The van der Waals surface area contributed by atoms with Gasteiger partial charge in [0, 0.05) is 19.8 Å². The number of amides is 2. The minimum Gasteiger partial charge on any atom is -0.354 e. The van der Waals surface area contributed by atoms with Crippen molar-refractivity contribution in [2.75, 3.05) is 20.8 Å². The summed E-state index contributed by atoms with van der Waals surface area (Å²) in [5.41, 5.74) is 0.521. The standard InChI is InChI=1S/C16H24N2O4/c1-11(2)14(16(20)17-10-13(21-3)22-4)18-15(19)12-8-6-5-7-9-12/h5-9,11,13-14H,10H2,1-4H3,(H,17,20)(H,18,19)/t14-/m1/s1. The summed E-state index contributed by atoms with van der Waals surface area (Å²) in [6.45, 7) is 3.97. The monoisotopic (exact) mass is 308 g/mol. The number of ether oxygens (including phenoxy) is 2. The molecule has 2 N–H and O–H groups in total. The molecule has 0 saturated carbocycles. The molecule has 6 nitrogen and oxygen atoms in total. The van der Waals surface area contributed by atoms with Crippen LogP contribution < -0.4 is 10.6 Å². The third-order valence-corrected chi connectivity index (χ3v) is 3.24. The summed E-state index contributed by atoms with van der Waals surface area (Å²) in [6, 6.07) is 8.18. The van der Waals surface area contributed by atoms with Gasteiger partial charge in [-0.2, -0.15) is 0 Å². The van der Waals surface area contributed by atoms with Crippen LogP contribution in [0.2, 0.25) is 0 Å². The molecule has 122 valence electrons. The predicted octanol–water partition coefficient (Wildman–Crippen LogP) is 1.18. The van der Waals surface area contributed by atoms with Crippen molar-refractivity contribution in [1.82, 2.24) is 10.6 Å². The average Bonchev–Trinajstić information content (AvgIpc) is 2.53. The fourth-order valence-corrected chi connectivity index (χ4v) is 1.91. The van der Waals surface area contributed by atoms with Crippen molar-refractivity contribution < 1.29 is 19.1 Å². The quantitative estimate of drug-likeness (QED) is 0.707. The lowest BCUT2D eigenvalue weighted by molar-refractivity contribution is -0.129. The zero-order valence-corrected chi connectivity index (χ0v) is 13.5. The summed E-state index contributed by atoms with van der Waals surface area (Å²) in [5, 5.41) is 5.48. The van der Waals surface area contributed by atoms with Gasteiger partial charge in [0.05, 0.1) is 6.54 Å². The first-order valence-electron chi connectivity index (χ1n) is 7.18. The molecule has 2 amide bonds. The van der Waals surface area contributed by atoms with Gasteiger partial charge in [-0.1, -0.05) is 32.0 Å². The van der Waals surface area contributed by atoms with E-state index in [4.69, 9.17) is 9.47 Å². The first-order chi connectivity index (χ1) is 10.5. The van der Waals surface area contributed by atoms with Crippen LogP contribution in [-0.2, 0) is 14.3 Å². The van der Waals surface area contributed by atoms with Gasteiger partial charge in [0.2, 0.25) is 5.91 Å². The van der Waals surface area contributed by atoms with Crippen LogP contribution in [0.15, 0.2) is 30.3 Å². The van der Waals surface area contributed by atoms with Crippen molar-refractivity contribution in [3.8, 4) is 0 Å². The number of carbonyl (C=O) groups excluding carboxylic acids is 2. The highest BCUT2D eigenvalue weighted by Gasteiger charge is 2.25. The second kappa shape index (κ2) is 9.17. The lowest BCUT2D eigenvalue weighted by atomic mass is 10.0. The van der Waals surface area contributed by atoms with Gasteiger partial charge >= 0.3 is 0 Å². The number of rotatable bonds is 8. The first kappa shape index (κ1) is 18.1. The Morgan fingerprint density at radius 2 is 1.68 bits per heavy atom. The van der Waals surface area contributed by atoms with Crippen molar-refractivity contribution in [3.63, 3.8) is 0 Å². The summed E-state index contributed by atoms with van der Waals surface area (Å²) < 4.78 is 10.0. The smallest absolute Gasteiger partial charge is 0.251 e. The zero-order chi connectivity index (χ0) is 16.5. The van der Waals surface area contributed by atoms with E-state index in [1.54, 1.807) is 24.3 Å². The van der Waals surface area contributed by atoms with Crippen LogP contribution in [0.5, 0.6) is 0 Å². The van der Waals surface area contributed by atoms with Gasteiger partial charge in [-0.15, -0.1) is 0 Å². The zero-order valence-electron chi connectivity index (χ0n) is 13.5. The molecule has 0 aliphatic carbocycles. The number of hydrogen-bond donors (Lipinski definition) is 2. The highest BCUT2D eigenvalue weighted by molar-refractivity contribution is 5.97. The fourth-order valence-electron chi connectivity index (χ4n) is 1.91. The van der Waals surface area contributed by atoms with Crippen LogP contribution in [0.4, 0.5) is 0 Å². The van der Waals surface area contributed by atoms with Crippen LogP contribution in [0.3, 0.4) is 0 Å². The van der Waals surface area contributed by atoms with Gasteiger partial charge in [0.25, 0.3) is 5.91 Å². The Morgan fingerprint density at radius 1 is 1.09 bits per heavy atom. The minimum absolute atomic E-state index is 0.0452. The van der Waals surface area contributed by atoms with Crippen molar-refractivity contribution in [2.24, 2.45) is 5.92 Å². The Morgan fingerprint density at radius 3 is 2.18 bits per heavy atom. The Hall–Kier alpha value is -1.92. The first-order valence-corrected chi connectivity index (χ1v) is 7.18. The molecule has 1 rings (SSSR count). The summed E-state index contributed by atoms with van der Waals surface area (Å²) in [4.78, 5) is 24.4. The largest absolute Gasteiger partial charge is 0.354 e. The molecule has 1 aromatic rings. The maximum atomic E-state index is 12.3. The molecule has 0 heterocycles. The third kappa shape index (κ3) is 5.46. The lowest BCUT2D eigenvalue weighted by Crippen LogP contribution is -2.51. The molecule has 22 heavy (non-hydrogen) atoms. The van der Waals surface area contributed by atoms with Crippen molar-refractivity contribution in [2.45, 2.75) is 26.2 Å². The second-order valence-electron chi connectivity index (χ2n) is 5.21. The molecule has 6 heteroatoms. The molecule has 0 aliphatic heterocycles. The highest BCUT2D eigenvalue weighted by Crippen LogP contribution is 2.05. The van der Waals surface area contributed by atoms with Crippen LogP contribution in [0.25, 0.3) is 0 Å². The van der Waals surface area contributed by atoms with Crippen molar-refractivity contribution >= 4 is 11.8 Å². The summed E-state index contributed by atoms with van der Waals surface area (Å²) in [7, 11) is 2.99. The predicted molar refractivity (Wildman–Crippen MR) is 83.3 cm³/mol. The topological polar surface area (TPSA) is 76.7 Å². The molecule has 0 unspecified atom stereocenters. The Balaban J connectivity index is 2.65. The Kier molecular flexibility index (Phi) is 7.56. The maximum absolute atomic E-state index is 12.3. The van der Waals surface area contributed by atoms with E-state index in [0.717, 1.165) is 0 Å². The molecular formula is C16H24N2O4. The van der Waals surface area contributed by atoms with E-state index in [2.05, 4.69) is 10.6 Å². The molecular weight excluding hydrogens is 284 g/mol. The molecule has 0 bridgehead atoms. The number of nitrogens with one attached hydrogen (secondary N) is 2. The fraction of sp³-hybridized carbons (Fsp3) is 0.500. The van der Waals surface area contributed by atoms with E-state index < -0.39 is 12.3 Å². The van der Waals surface area contributed by atoms with Crippen LogP contribution in [0, 0.1) is 5.92 Å². The molecule has 0 radical (unpaired) electrons. The van der Waals surface area contributed by atoms with Gasteiger partial charge in [-0.05, 0) is 18.1 Å². The van der Waals surface area contributed by atoms with E-state index in [-0.39, 0.29) is 24.3 Å². The normalized spacial score (nSPS) is 12.3. The van der Waals surface area contributed by atoms with Crippen LogP contribution >= 0.6 is 0 Å². The Labute approximate surface area is 131 Å². The molecule has 0 spiro atoms. The molecule has 0 fully saturated rings. The van der Waals surface area contributed by atoms with E-state index in [9.17, 15) is 9.59 Å². The molecule has 0 saturated heterocycles. The molecule has 1 aromatic carbocycles. The molecule has 0 aliphatic rings. The molecule has 1 atom stereocenters. The Bertz CT molecular complexity index is 472. The van der Waals surface area contributed by atoms with Gasteiger partial charge in [0.1, 0.15) is 6.04 Å². The number of hydrogen-bond acceptors (Lipinski definition) is 4. The van der Waals surface area contributed by atoms with Gasteiger partial charge < -0.3 is 20.1 Å². The highest BCUT2D eigenvalue weighted by atomic mass is 16.7. The van der Waals surface area contributed by atoms with Gasteiger partial charge in [-0.3, -0.25) is 9.59 Å². The van der Waals surface area contributed by atoms with Crippen LogP contribution in [-0.4, -0.2) is 44.9 Å². The number of benzene rings is 1. The van der Waals surface area contributed by atoms with Crippen molar-refractivity contribution in [3.05, 3.63) is 35.9 Å². The van der Waals surface area contributed by atoms with Gasteiger partial charge in [-0.25, -0.2) is 0 Å². The summed E-state index contributed by atoms with van der Waals surface area (Å²) in [5.74, 6) is -0.584.